The van der Waals surface area contributed by atoms with Gasteiger partial charge in [-0.05, 0) is 29.0 Å². The Labute approximate surface area is 172 Å². The minimum absolute atomic E-state index is 0.130. The lowest BCUT2D eigenvalue weighted by atomic mass is 9.83. The van der Waals surface area contributed by atoms with Crippen LogP contribution in [-0.4, -0.2) is 24.4 Å². The van der Waals surface area contributed by atoms with Gasteiger partial charge in [0.2, 0.25) is 5.91 Å². The third-order valence-electron chi connectivity index (χ3n) is 4.66. The summed E-state index contributed by atoms with van der Waals surface area (Å²) >= 11 is 1.28. The summed E-state index contributed by atoms with van der Waals surface area (Å²) in [5.41, 5.74) is -0.982. The Balaban J connectivity index is 2.07. The van der Waals surface area contributed by atoms with Crippen molar-refractivity contribution in [3.63, 3.8) is 0 Å². The summed E-state index contributed by atoms with van der Waals surface area (Å²) in [6, 6.07) is 7.77. The maximum absolute atomic E-state index is 13.0. The average Bonchev–Trinajstić information content (AvgIpc) is 3.18. The van der Waals surface area contributed by atoms with Crippen LogP contribution in [0.15, 0.2) is 41.8 Å². The van der Waals surface area contributed by atoms with Crippen LogP contribution in [0, 0.1) is 5.92 Å². The van der Waals surface area contributed by atoms with E-state index in [0.717, 1.165) is 12.1 Å². The third-order valence-corrected chi connectivity index (χ3v) is 5.53. The number of carbonyl (C=O) groups excluding carboxylic acids is 2. The number of thiophene rings is 1. The SMILES string of the molecule is CC(C)C(NC(=O)c1cccs1)C(=O)NCC(C)(C)c1cccc(C(F)(F)F)c1. The van der Waals surface area contributed by atoms with E-state index < -0.39 is 23.2 Å². The molecule has 2 amide bonds. The van der Waals surface area contributed by atoms with Crippen molar-refractivity contribution >= 4 is 23.2 Å². The summed E-state index contributed by atoms with van der Waals surface area (Å²) < 4.78 is 39.0. The largest absolute Gasteiger partial charge is 0.416 e. The Morgan fingerprint density at radius 1 is 1.07 bits per heavy atom. The summed E-state index contributed by atoms with van der Waals surface area (Å²) in [6.45, 7) is 7.29. The van der Waals surface area contributed by atoms with E-state index in [4.69, 9.17) is 0 Å². The second-order valence-electron chi connectivity index (χ2n) is 7.85. The zero-order chi connectivity index (χ0) is 21.8. The maximum Gasteiger partial charge on any atom is 0.416 e. The Morgan fingerprint density at radius 3 is 2.28 bits per heavy atom. The normalized spacial score (nSPS) is 13.2. The van der Waals surface area contributed by atoms with Gasteiger partial charge in [0.1, 0.15) is 6.04 Å². The van der Waals surface area contributed by atoms with Crippen molar-refractivity contribution in [3.8, 4) is 0 Å². The molecule has 0 fully saturated rings. The molecule has 0 aliphatic heterocycles. The molecule has 2 aromatic rings. The summed E-state index contributed by atoms with van der Waals surface area (Å²) in [5.74, 6) is -0.855. The fraction of sp³-hybridized carbons (Fsp3) is 0.429. The predicted molar refractivity (Wildman–Crippen MR) is 108 cm³/mol. The second-order valence-corrected chi connectivity index (χ2v) is 8.80. The van der Waals surface area contributed by atoms with Gasteiger partial charge in [0.25, 0.3) is 5.91 Å². The number of alkyl halides is 3. The van der Waals surface area contributed by atoms with Crippen LogP contribution in [-0.2, 0) is 16.4 Å². The standard InChI is InChI=1S/C21H25F3N2O2S/c1-13(2)17(26-18(27)16-9-6-10-29-16)19(28)25-12-20(3,4)14-7-5-8-15(11-14)21(22,23)24/h5-11,13,17H,12H2,1-4H3,(H,25,28)(H,26,27). The van der Waals surface area contributed by atoms with Crippen LogP contribution in [0.3, 0.4) is 0 Å². The fourth-order valence-corrected chi connectivity index (χ4v) is 3.42. The second kappa shape index (κ2) is 8.98. The number of hydrogen-bond acceptors (Lipinski definition) is 3. The molecule has 1 heterocycles. The van der Waals surface area contributed by atoms with Gasteiger partial charge >= 0.3 is 6.18 Å². The first-order valence-electron chi connectivity index (χ1n) is 9.21. The molecule has 1 aromatic heterocycles. The number of nitrogens with one attached hydrogen (secondary N) is 2. The van der Waals surface area contributed by atoms with Gasteiger partial charge < -0.3 is 10.6 Å². The molecular weight excluding hydrogens is 401 g/mol. The van der Waals surface area contributed by atoms with E-state index in [9.17, 15) is 22.8 Å². The highest BCUT2D eigenvalue weighted by Crippen LogP contribution is 2.32. The highest BCUT2D eigenvalue weighted by Gasteiger charge is 2.33. The van der Waals surface area contributed by atoms with Crippen LogP contribution >= 0.6 is 11.3 Å². The fourth-order valence-electron chi connectivity index (χ4n) is 2.79. The molecule has 0 aliphatic rings. The number of halogens is 3. The van der Waals surface area contributed by atoms with Gasteiger partial charge in [0, 0.05) is 12.0 Å². The molecule has 1 atom stereocenters. The van der Waals surface area contributed by atoms with E-state index in [-0.39, 0.29) is 24.3 Å². The molecule has 1 aromatic carbocycles. The van der Waals surface area contributed by atoms with Crippen LogP contribution in [0.25, 0.3) is 0 Å². The highest BCUT2D eigenvalue weighted by molar-refractivity contribution is 7.12. The molecule has 0 aliphatic carbocycles. The van der Waals surface area contributed by atoms with Crippen molar-refractivity contribution in [1.29, 1.82) is 0 Å². The predicted octanol–water partition coefficient (Wildman–Crippen LogP) is 4.62. The lowest BCUT2D eigenvalue weighted by Gasteiger charge is -2.28. The molecule has 2 N–H and O–H groups in total. The smallest absolute Gasteiger partial charge is 0.353 e. The number of amides is 2. The molecule has 0 radical (unpaired) electrons. The van der Waals surface area contributed by atoms with E-state index in [2.05, 4.69) is 10.6 Å². The molecule has 8 heteroatoms. The zero-order valence-electron chi connectivity index (χ0n) is 16.8. The lowest BCUT2D eigenvalue weighted by molar-refractivity contribution is -0.137. The average molecular weight is 427 g/mol. The van der Waals surface area contributed by atoms with E-state index in [1.165, 1.54) is 17.4 Å². The first kappa shape index (κ1) is 22.9. The van der Waals surface area contributed by atoms with E-state index >= 15 is 0 Å². The van der Waals surface area contributed by atoms with Gasteiger partial charge in [-0.25, -0.2) is 0 Å². The van der Waals surface area contributed by atoms with Crippen LogP contribution in [0.4, 0.5) is 13.2 Å². The van der Waals surface area contributed by atoms with Gasteiger partial charge in [-0.1, -0.05) is 52.0 Å². The summed E-state index contributed by atoms with van der Waals surface area (Å²) in [4.78, 5) is 25.5. The van der Waals surface area contributed by atoms with E-state index in [0.29, 0.717) is 10.4 Å². The zero-order valence-corrected chi connectivity index (χ0v) is 17.6. The lowest BCUT2D eigenvalue weighted by Crippen LogP contribution is -2.51. The van der Waals surface area contributed by atoms with E-state index in [1.807, 2.05) is 13.8 Å². The van der Waals surface area contributed by atoms with Crippen molar-refractivity contribution in [3.05, 3.63) is 57.8 Å². The topological polar surface area (TPSA) is 58.2 Å². The Kier molecular flexibility index (Phi) is 7.11. The van der Waals surface area contributed by atoms with Gasteiger partial charge in [-0.2, -0.15) is 13.2 Å². The molecule has 29 heavy (non-hydrogen) atoms. The number of carbonyl (C=O) groups is 2. The van der Waals surface area contributed by atoms with Gasteiger partial charge in [-0.15, -0.1) is 11.3 Å². The summed E-state index contributed by atoms with van der Waals surface area (Å²) in [6.07, 6.45) is -4.43. The monoisotopic (exact) mass is 426 g/mol. The first-order chi connectivity index (χ1) is 13.4. The Morgan fingerprint density at radius 2 is 1.72 bits per heavy atom. The molecule has 0 bridgehead atoms. The van der Waals surface area contributed by atoms with Crippen molar-refractivity contribution < 1.29 is 22.8 Å². The van der Waals surface area contributed by atoms with Crippen molar-refractivity contribution in [2.75, 3.05) is 6.54 Å². The molecule has 1 unspecified atom stereocenters. The third kappa shape index (κ3) is 6.06. The Bertz CT molecular complexity index is 846. The molecule has 0 spiro atoms. The van der Waals surface area contributed by atoms with Crippen LogP contribution in [0.5, 0.6) is 0 Å². The van der Waals surface area contributed by atoms with Gasteiger partial charge in [0.15, 0.2) is 0 Å². The first-order valence-corrected chi connectivity index (χ1v) is 10.1. The quantitative estimate of drug-likeness (QED) is 0.679. The molecule has 4 nitrogen and oxygen atoms in total. The molecule has 0 saturated heterocycles. The summed E-state index contributed by atoms with van der Waals surface area (Å²) in [7, 11) is 0. The maximum atomic E-state index is 13.0. The minimum atomic E-state index is -4.43. The number of hydrogen-bond donors (Lipinski definition) is 2. The van der Waals surface area contributed by atoms with Crippen molar-refractivity contribution in [2.24, 2.45) is 5.92 Å². The van der Waals surface area contributed by atoms with E-state index in [1.54, 1.807) is 37.4 Å². The highest BCUT2D eigenvalue weighted by atomic mass is 32.1. The molecule has 158 valence electrons. The van der Waals surface area contributed by atoms with Crippen LogP contribution in [0.1, 0.15) is 48.5 Å². The van der Waals surface area contributed by atoms with Crippen molar-refractivity contribution in [2.45, 2.75) is 45.3 Å². The number of benzene rings is 1. The minimum Gasteiger partial charge on any atom is -0.353 e. The van der Waals surface area contributed by atoms with Gasteiger partial charge in [-0.3, -0.25) is 9.59 Å². The summed E-state index contributed by atoms with van der Waals surface area (Å²) in [5, 5.41) is 7.29. The molecule has 2 rings (SSSR count). The number of rotatable bonds is 7. The van der Waals surface area contributed by atoms with Crippen LogP contribution < -0.4 is 10.6 Å². The van der Waals surface area contributed by atoms with Gasteiger partial charge in [0.05, 0.1) is 10.4 Å². The molecule has 0 saturated carbocycles. The van der Waals surface area contributed by atoms with Crippen LogP contribution in [0.2, 0.25) is 0 Å². The van der Waals surface area contributed by atoms with Crippen molar-refractivity contribution in [1.82, 2.24) is 10.6 Å². The Hall–Kier alpha value is -2.35. The molecular formula is C21H25F3N2O2S.